The van der Waals surface area contributed by atoms with Gasteiger partial charge in [-0.3, -0.25) is 0 Å². The molecule has 0 saturated heterocycles. The van der Waals surface area contributed by atoms with Crippen molar-refractivity contribution in [3.8, 4) is 0 Å². The smallest absolute Gasteiger partial charge is 0.0340 e. The van der Waals surface area contributed by atoms with Gasteiger partial charge in [0.25, 0.3) is 0 Å². The van der Waals surface area contributed by atoms with Gasteiger partial charge in [-0.05, 0) is 26.0 Å². The number of benzene rings is 1. The lowest BCUT2D eigenvalue weighted by Crippen LogP contribution is -2.39. The van der Waals surface area contributed by atoms with E-state index in [1.165, 1.54) is 0 Å². The van der Waals surface area contributed by atoms with Gasteiger partial charge in [-0.15, -0.1) is 24.8 Å². The van der Waals surface area contributed by atoms with E-state index in [0.717, 1.165) is 12.2 Å². The van der Waals surface area contributed by atoms with Crippen molar-refractivity contribution in [3.63, 3.8) is 0 Å². The molecular formula is C10H18Cl2N2. The predicted molar refractivity (Wildman–Crippen MR) is 67.7 cm³/mol. The normalized spacial score (nSPS) is 9.64. The van der Waals surface area contributed by atoms with Crippen LogP contribution in [0.3, 0.4) is 0 Å². The lowest BCUT2D eigenvalue weighted by Gasteiger charge is -2.19. The average molecular weight is 237 g/mol. The van der Waals surface area contributed by atoms with Gasteiger partial charge in [-0.25, -0.2) is 0 Å². The van der Waals surface area contributed by atoms with Crippen molar-refractivity contribution >= 4 is 30.5 Å². The molecule has 3 N–H and O–H groups in total. The number of hydrogen-bond acceptors (Lipinski definition) is 2. The van der Waals surface area contributed by atoms with Gasteiger partial charge < -0.3 is 11.1 Å². The Bertz CT molecular complexity index is 232. The van der Waals surface area contributed by atoms with Gasteiger partial charge in [0.2, 0.25) is 0 Å². The van der Waals surface area contributed by atoms with Crippen molar-refractivity contribution in [2.75, 3.05) is 11.9 Å². The summed E-state index contributed by atoms with van der Waals surface area (Å²) in [6, 6.07) is 10.1. The summed E-state index contributed by atoms with van der Waals surface area (Å²) in [5, 5.41) is 3.26. The quantitative estimate of drug-likeness (QED) is 0.848. The molecule has 0 amide bonds. The third-order valence-electron chi connectivity index (χ3n) is 1.52. The van der Waals surface area contributed by atoms with Crippen LogP contribution >= 0.6 is 24.8 Å². The van der Waals surface area contributed by atoms with Gasteiger partial charge in [-0.2, -0.15) is 0 Å². The second kappa shape index (κ2) is 6.93. The maximum atomic E-state index is 5.82. The summed E-state index contributed by atoms with van der Waals surface area (Å²) in [5.74, 6) is 0. The highest BCUT2D eigenvalue weighted by Gasteiger charge is 2.08. The first kappa shape index (κ1) is 16.0. The largest absolute Gasteiger partial charge is 0.383 e. The second-order valence-corrected chi connectivity index (χ2v) is 3.71. The van der Waals surface area contributed by atoms with Gasteiger partial charge in [0.05, 0.1) is 0 Å². The molecule has 0 aromatic heterocycles. The minimum absolute atomic E-state index is 0. The number of para-hydroxylation sites is 1. The molecular weight excluding hydrogens is 219 g/mol. The molecule has 1 aromatic rings. The molecule has 0 unspecified atom stereocenters. The summed E-state index contributed by atoms with van der Waals surface area (Å²) >= 11 is 0. The van der Waals surface area contributed by atoms with E-state index in [1.807, 2.05) is 44.2 Å². The Morgan fingerprint density at radius 2 is 1.64 bits per heavy atom. The highest BCUT2D eigenvalue weighted by molar-refractivity contribution is 5.85. The maximum absolute atomic E-state index is 5.82. The fourth-order valence-corrected chi connectivity index (χ4v) is 0.886. The molecule has 0 atom stereocenters. The Labute approximate surface area is 98.1 Å². The van der Waals surface area contributed by atoms with E-state index >= 15 is 0 Å². The van der Waals surface area contributed by atoms with E-state index in [0.29, 0.717) is 0 Å². The molecule has 0 spiro atoms. The van der Waals surface area contributed by atoms with Crippen LogP contribution in [0.5, 0.6) is 0 Å². The van der Waals surface area contributed by atoms with Gasteiger partial charge in [0, 0.05) is 17.8 Å². The fraction of sp³-hybridized carbons (Fsp3) is 0.400. The topological polar surface area (TPSA) is 38.0 Å². The number of halogens is 2. The number of anilines is 1. The molecule has 14 heavy (non-hydrogen) atoms. The summed E-state index contributed by atoms with van der Waals surface area (Å²) in [5.41, 5.74) is 6.79. The molecule has 82 valence electrons. The number of hydrogen-bond donors (Lipinski definition) is 2. The van der Waals surface area contributed by atoms with Crippen molar-refractivity contribution in [3.05, 3.63) is 30.3 Å². The molecule has 0 aliphatic rings. The Hall–Kier alpha value is -0.440. The molecule has 0 heterocycles. The summed E-state index contributed by atoms with van der Waals surface area (Å²) in [4.78, 5) is 0. The van der Waals surface area contributed by atoms with Crippen LogP contribution in [0.15, 0.2) is 30.3 Å². The lowest BCUT2D eigenvalue weighted by atomic mass is 10.1. The van der Waals surface area contributed by atoms with E-state index in [-0.39, 0.29) is 30.4 Å². The van der Waals surface area contributed by atoms with Crippen LogP contribution < -0.4 is 11.1 Å². The highest BCUT2D eigenvalue weighted by Crippen LogP contribution is 2.06. The van der Waals surface area contributed by atoms with Crippen molar-refractivity contribution < 1.29 is 0 Å². The monoisotopic (exact) mass is 236 g/mol. The van der Waals surface area contributed by atoms with Crippen molar-refractivity contribution in [2.45, 2.75) is 19.4 Å². The summed E-state index contributed by atoms with van der Waals surface area (Å²) in [6.07, 6.45) is 0. The van der Waals surface area contributed by atoms with Gasteiger partial charge in [0.15, 0.2) is 0 Å². The van der Waals surface area contributed by atoms with Crippen molar-refractivity contribution in [1.29, 1.82) is 0 Å². The van der Waals surface area contributed by atoms with E-state index in [1.54, 1.807) is 0 Å². The number of rotatable bonds is 3. The van der Waals surface area contributed by atoms with Gasteiger partial charge in [-0.1, -0.05) is 18.2 Å². The van der Waals surface area contributed by atoms with Crippen LogP contribution in [-0.2, 0) is 0 Å². The van der Waals surface area contributed by atoms with Gasteiger partial charge in [0.1, 0.15) is 0 Å². The summed E-state index contributed by atoms with van der Waals surface area (Å²) < 4.78 is 0. The first-order valence-corrected chi connectivity index (χ1v) is 4.16. The van der Waals surface area contributed by atoms with E-state index < -0.39 is 0 Å². The van der Waals surface area contributed by atoms with E-state index in [9.17, 15) is 0 Å². The molecule has 0 radical (unpaired) electrons. The van der Waals surface area contributed by atoms with Crippen LogP contribution in [0, 0.1) is 0 Å². The standard InChI is InChI=1S/C10H16N2.2ClH/c1-10(2,11)8-12-9-6-4-3-5-7-9;;/h3-7,12H,8,11H2,1-2H3;2*1H. The zero-order valence-corrected chi connectivity index (χ0v) is 10.1. The van der Waals surface area contributed by atoms with Crippen LogP contribution in [0.4, 0.5) is 5.69 Å². The predicted octanol–water partition coefficient (Wildman–Crippen LogP) is 2.68. The van der Waals surface area contributed by atoms with E-state index in [2.05, 4.69) is 5.32 Å². The molecule has 1 rings (SSSR count). The third-order valence-corrected chi connectivity index (χ3v) is 1.52. The number of nitrogens with one attached hydrogen (secondary N) is 1. The molecule has 0 bridgehead atoms. The fourth-order valence-electron chi connectivity index (χ4n) is 0.886. The minimum Gasteiger partial charge on any atom is -0.383 e. The molecule has 0 aliphatic carbocycles. The zero-order valence-electron chi connectivity index (χ0n) is 8.49. The Morgan fingerprint density at radius 3 is 2.07 bits per heavy atom. The molecule has 0 aliphatic heterocycles. The van der Waals surface area contributed by atoms with Crippen LogP contribution in [0.25, 0.3) is 0 Å². The summed E-state index contributed by atoms with van der Waals surface area (Å²) in [6.45, 7) is 4.79. The summed E-state index contributed by atoms with van der Waals surface area (Å²) in [7, 11) is 0. The van der Waals surface area contributed by atoms with Crippen LogP contribution in [0.1, 0.15) is 13.8 Å². The Morgan fingerprint density at radius 1 is 1.14 bits per heavy atom. The van der Waals surface area contributed by atoms with Crippen molar-refractivity contribution in [2.24, 2.45) is 5.73 Å². The highest BCUT2D eigenvalue weighted by atomic mass is 35.5. The maximum Gasteiger partial charge on any atom is 0.0340 e. The van der Waals surface area contributed by atoms with Crippen LogP contribution in [-0.4, -0.2) is 12.1 Å². The van der Waals surface area contributed by atoms with Crippen LogP contribution in [0.2, 0.25) is 0 Å². The molecule has 0 fully saturated rings. The molecule has 0 saturated carbocycles. The molecule has 2 nitrogen and oxygen atoms in total. The van der Waals surface area contributed by atoms with Gasteiger partial charge >= 0.3 is 0 Å². The SMILES string of the molecule is CC(C)(N)CNc1ccccc1.Cl.Cl. The Balaban J connectivity index is 0. The minimum atomic E-state index is -0.157. The zero-order chi connectivity index (χ0) is 9.03. The number of nitrogens with two attached hydrogens (primary N) is 1. The second-order valence-electron chi connectivity index (χ2n) is 3.71. The lowest BCUT2D eigenvalue weighted by molar-refractivity contribution is 0.549. The first-order valence-electron chi connectivity index (χ1n) is 4.16. The van der Waals surface area contributed by atoms with E-state index in [4.69, 9.17) is 5.73 Å². The third kappa shape index (κ3) is 7.01. The molecule has 4 heteroatoms. The Kier molecular flexibility index (Phi) is 7.93. The average Bonchev–Trinajstić information content (AvgIpc) is 2.02. The van der Waals surface area contributed by atoms with Crippen molar-refractivity contribution in [1.82, 2.24) is 0 Å². The molecule has 1 aromatic carbocycles. The first-order chi connectivity index (χ1) is 5.58.